The van der Waals surface area contributed by atoms with Crippen LogP contribution >= 0.6 is 11.8 Å². The van der Waals surface area contributed by atoms with Gasteiger partial charge in [0.2, 0.25) is 0 Å². The van der Waals surface area contributed by atoms with Crippen molar-refractivity contribution in [3.8, 4) is 0 Å². The molecule has 0 saturated carbocycles. The van der Waals surface area contributed by atoms with Crippen LogP contribution < -0.4 is 0 Å². The fourth-order valence-electron chi connectivity index (χ4n) is 1.84. The summed E-state index contributed by atoms with van der Waals surface area (Å²) < 4.78 is 7.35. The number of thioether (sulfide) groups is 1. The molecular formula is C15H20N2O2S. The normalized spacial score (nSPS) is 12.6. The van der Waals surface area contributed by atoms with E-state index in [4.69, 9.17) is 4.74 Å². The van der Waals surface area contributed by atoms with Crippen LogP contribution in [0.5, 0.6) is 0 Å². The molecule has 1 N–H and O–H groups in total. The molecule has 5 heteroatoms. The Morgan fingerprint density at radius 2 is 2.10 bits per heavy atom. The van der Waals surface area contributed by atoms with Crippen molar-refractivity contribution in [2.75, 3.05) is 12.4 Å². The molecule has 4 nitrogen and oxygen atoms in total. The topological polar surface area (TPSA) is 47.3 Å². The molecule has 0 radical (unpaired) electrons. The highest BCUT2D eigenvalue weighted by Crippen LogP contribution is 2.19. The molecule has 1 aromatic carbocycles. The number of ether oxygens (including phenoxy) is 1. The fraction of sp³-hybridized carbons (Fsp3) is 0.400. The van der Waals surface area contributed by atoms with E-state index in [0.29, 0.717) is 19.0 Å². The van der Waals surface area contributed by atoms with E-state index >= 15 is 0 Å². The van der Waals surface area contributed by atoms with E-state index in [-0.39, 0.29) is 0 Å². The summed E-state index contributed by atoms with van der Waals surface area (Å²) in [6, 6.07) is 12.0. The smallest absolute Gasteiger partial charge is 0.0940 e. The Bertz CT molecular complexity index is 528. The second kappa shape index (κ2) is 7.47. The highest BCUT2D eigenvalue weighted by atomic mass is 32.2. The Morgan fingerprint density at radius 1 is 1.35 bits per heavy atom. The Hall–Kier alpha value is -1.30. The Balaban J connectivity index is 1.68. The second-order valence-corrected chi connectivity index (χ2v) is 5.75. The molecule has 0 fully saturated rings. The minimum atomic E-state index is -0.473. The van der Waals surface area contributed by atoms with Gasteiger partial charge in [-0.15, -0.1) is 11.8 Å². The Kier molecular flexibility index (Phi) is 5.64. The zero-order valence-corrected chi connectivity index (χ0v) is 12.6. The molecule has 108 valence electrons. The summed E-state index contributed by atoms with van der Waals surface area (Å²) in [7, 11) is 1.91. The maximum atomic E-state index is 9.91. The number of aryl methyl sites for hydroxylation is 2. The molecule has 1 aromatic heterocycles. The molecule has 1 atom stereocenters. The van der Waals surface area contributed by atoms with E-state index in [9.17, 15) is 5.11 Å². The molecule has 0 amide bonds. The van der Waals surface area contributed by atoms with E-state index in [1.54, 1.807) is 11.8 Å². The predicted molar refractivity (Wildman–Crippen MR) is 80.8 cm³/mol. The number of hydrogen-bond acceptors (Lipinski definition) is 4. The second-order valence-electron chi connectivity index (χ2n) is 4.71. The molecule has 0 aliphatic heterocycles. The van der Waals surface area contributed by atoms with Gasteiger partial charge in [0.1, 0.15) is 0 Å². The van der Waals surface area contributed by atoms with Gasteiger partial charge in [0, 0.05) is 12.8 Å². The SMILES string of the molecule is Cc1cc(SCC(O)COCc2ccccc2)n(C)n1. The lowest BCUT2D eigenvalue weighted by Gasteiger charge is -2.11. The van der Waals surface area contributed by atoms with Crippen molar-refractivity contribution in [2.45, 2.75) is 24.7 Å². The molecule has 0 bridgehead atoms. The molecule has 2 aromatic rings. The van der Waals surface area contributed by atoms with Crippen molar-refractivity contribution in [3.05, 3.63) is 47.7 Å². The van der Waals surface area contributed by atoms with Crippen molar-refractivity contribution in [2.24, 2.45) is 7.05 Å². The maximum Gasteiger partial charge on any atom is 0.0940 e. The van der Waals surface area contributed by atoms with Crippen molar-refractivity contribution < 1.29 is 9.84 Å². The van der Waals surface area contributed by atoms with Crippen LogP contribution in [0.15, 0.2) is 41.4 Å². The zero-order chi connectivity index (χ0) is 14.4. The number of nitrogens with zero attached hydrogens (tertiary/aromatic N) is 2. The highest BCUT2D eigenvalue weighted by Gasteiger charge is 2.08. The first-order chi connectivity index (χ1) is 9.65. The third-order valence-electron chi connectivity index (χ3n) is 2.80. The van der Waals surface area contributed by atoms with Gasteiger partial charge in [0.05, 0.1) is 30.0 Å². The molecule has 1 unspecified atom stereocenters. The van der Waals surface area contributed by atoms with Crippen LogP contribution in [-0.2, 0) is 18.4 Å². The zero-order valence-electron chi connectivity index (χ0n) is 11.8. The van der Waals surface area contributed by atoms with Crippen LogP contribution in [0.2, 0.25) is 0 Å². The minimum Gasteiger partial charge on any atom is -0.390 e. The van der Waals surface area contributed by atoms with E-state index in [2.05, 4.69) is 5.10 Å². The number of aliphatic hydroxyl groups excluding tert-OH is 1. The van der Waals surface area contributed by atoms with E-state index < -0.39 is 6.10 Å². The lowest BCUT2D eigenvalue weighted by molar-refractivity contribution is 0.0398. The summed E-state index contributed by atoms with van der Waals surface area (Å²) in [5.74, 6) is 0.605. The monoisotopic (exact) mass is 292 g/mol. The van der Waals surface area contributed by atoms with Gasteiger partial charge >= 0.3 is 0 Å². The molecule has 0 aliphatic rings. The van der Waals surface area contributed by atoms with Gasteiger partial charge in [-0.3, -0.25) is 4.68 Å². The lowest BCUT2D eigenvalue weighted by Crippen LogP contribution is -2.18. The number of rotatable bonds is 7. The van der Waals surface area contributed by atoms with Crippen LogP contribution in [-0.4, -0.2) is 33.4 Å². The van der Waals surface area contributed by atoms with E-state index in [0.717, 1.165) is 16.3 Å². The third-order valence-corrected chi connectivity index (χ3v) is 4.03. The van der Waals surface area contributed by atoms with Gasteiger partial charge in [-0.2, -0.15) is 5.10 Å². The van der Waals surface area contributed by atoms with Crippen molar-refractivity contribution in [1.29, 1.82) is 0 Å². The van der Waals surface area contributed by atoms with Gasteiger partial charge in [-0.05, 0) is 18.6 Å². The number of aliphatic hydroxyl groups is 1. The molecule has 2 rings (SSSR count). The molecule has 0 spiro atoms. The first-order valence-corrected chi connectivity index (χ1v) is 7.57. The lowest BCUT2D eigenvalue weighted by atomic mass is 10.2. The van der Waals surface area contributed by atoms with Crippen molar-refractivity contribution in [3.63, 3.8) is 0 Å². The standard InChI is InChI=1S/C15H20N2O2S/c1-12-8-15(17(2)16-12)20-11-14(18)10-19-9-13-6-4-3-5-7-13/h3-8,14,18H,9-11H2,1-2H3. The summed E-state index contributed by atoms with van der Waals surface area (Å²) in [4.78, 5) is 0. The molecule has 1 heterocycles. The summed E-state index contributed by atoms with van der Waals surface area (Å²) in [6.07, 6.45) is -0.473. The third kappa shape index (κ3) is 4.67. The number of benzene rings is 1. The minimum absolute atomic E-state index is 0.346. The van der Waals surface area contributed by atoms with Crippen molar-refractivity contribution in [1.82, 2.24) is 9.78 Å². The average molecular weight is 292 g/mol. The van der Waals surface area contributed by atoms with Crippen LogP contribution in [0.25, 0.3) is 0 Å². The Morgan fingerprint density at radius 3 is 2.75 bits per heavy atom. The van der Waals surface area contributed by atoms with Gasteiger partial charge < -0.3 is 9.84 Å². The highest BCUT2D eigenvalue weighted by molar-refractivity contribution is 7.99. The van der Waals surface area contributed by atoms with Crippen LogP contribution in [0, 0.1) is 6.92 Å². The quantitative estimate of drug-likeness (QED) is 0.796. The Labute approximate surface area is 123 Å². The van der Waals surface area contributed by atoms with Crippen LogP contribution in [0.4, 0.5) is 0 Å². The summed E-state index contributed by atoms with van der Waals surface area (Å²) in [5.41, 5.74) is 2.11. The largest absolute Gasteiger partial charge is 0.390 e. The van der Waals surface area contributed by atoms with Gasteiger partial charge in [-0.1, -0.05) is 30.3 Å². The predicted octanol–water partition coefficient (Wildman–Crippen LogP) is 2.40. The molecule has 20 heavy (non-hydrogen) atoms. The molecular weight excluding hydrogens is 272 g/mol. The number of hydrogen-bond donors (Lipinski definition) is 1. The first kappa shape index (κ1) is 15.1. The van der Waals surface area contributed by atoms with Gasteiger partial charge in [0.25, 0.3) is 0 Å². The summed E-state index contributed by atoms with van der Waals surface area (Å²) in [6.45, 7) is 2.84. The van der Waals surface area contributed by atoms with Crippen LogP contribution in [0.1, 0.15) is 11.3 Å². The molecule has 0 aliphatic carbocycles. The van der Waals surface area contributed by atoms with Crippen molar-refractivity contribution >= 4 is 11.8 Å². The summed E-state index contributed by atoms with van der Waals surface area (Å²) >= 11 is 1.59. The number of aromatic nitrogens is 2. The first-order valence-electron chi connectivity index (χ1n) is 6.58. The van der Waals surface area contributed by atoms with Crippen LogP contribution in [0.3, 0.4) is 0 Å². The average Bonchev–Trinajstić information content (AvgIpc) is 2.76. The van der Waals surface area contributed by atoms with E-state index in [1.807, 2.05) is 55.1 Å². The fourth-order valence-corrected chi connectivity index (χ4v) is 2.78. The molecule has 0 saturated heterocycles. The van der Waals surface area contributed by atoms with Gasteiger partial charge in [0.15, 0.2) is 0 Å². The summed E-state index contributed by atoms with van der Waals surface area (Å²) in [5, 5.41) is 15.2. The van der Waals surface area contributed by atoms with E-state index in [1.165, 1.54) is 0 Å². The van der Waals surface area contributed by atoms with Gasteiger partial charge in [-0.25, -0.2) is 0 Å². The maximum absolute atomic E-state index is 9.91.